The Bertz CT molecular complexity index is 803. The molecular formula is C23H29ClN2O2. The van der Waals surface area contributed by atoms with Crippen LogP contribution in [-0.2, 0) is 22.6 Å². The number of hydrogen-bond acceptors (Lipinski definition) is 2. The molecule has 0 unspecified atom stereocenters. The first-order valence-electron chi connectivity index (χ1n) is 9.70. The van der Waals surface area contributed by atoms with E-state index in [1.165, 1.54) is 0 Å². The van der Waals surface area contributed by atoms with Gasteiger partial charge >= 0.3 is 0 Å². The van der Waals surface area contributed by atoms with Crippen LogP contribution in [0.25, 0.3) is 0 Å². The number of aryl methyl sites for hydroxylation is 1. The number of benzene rings is 2. The standard InChI is InChI=1S/C23H29ClN2O2/c1-5-21(23(28)25-16(2)3)26(15-19-9-7-6-8-17(19)4)22(27)14-18-10-12-20(24)13-11-18/h6-13,16,21H,5,14-15H2,1-4H3,(H,25,28)/t21-/m1/s1. The molecule has 1 N–H and O–H groups in total. The molecule has 0 saturated carbocycles. The molecular weight excluding hydrogens is 372 g/mol. The zero-order valence-electron chi connectivity index (χ0n) is 17.0. The molecule has 150 valence electrons. The molecule has 0 aromatic heterocycles. The first-order chi connectivity index (χ1) is 13.3. The first-order valence-corrected chi connectivity index (χ1v) is 10.1. The third-order valence-corrected chi connectivity index (χ3v) is 4.94. The van der Waals surface area contributed by atoms with Gasteiger partial charge in [0.1, 0.15) is 6.04 Å². The van der Waals surface area contributed by atoms with Gasteiger partial charge in [-0.25, -0.2) is 0 Å². The highest BCUT2D eigenvalue weighted by molar-refractivity contribution is 6.30. The van der Waals surface area contributed by atoms with Gasteiger partial charge in [-0.3, -0.25) is 9.59 Å². The molecule has 28 heavy (non-hydrogen) atoms. The molecule has 0 heterocycles. The van der Waals surface area contributed by atoms with Gasteiger partial charge in [-0.15, -0.1) is 0 Å². The zero-order valence-corrected chi connectivity index (χ0v) is 17.8. The molecule has 0 aliphatic carbocycles. The number of hydrogen-bond donors (Lipinski definition) is 1. The van der Waals surface area contributed by atoms with Crippen molar-refractivity contribution in [2.45, 2.75) is 59.2 Å². The van der Waals surface area contributed by atoms with Crippen molar-refractivity contribution in [3.63, 3.8) is 0 Å². The summed E-state index contributed by atoms with van der Waals surface area (Å²) in [6.07, 6.45) is 0.783. The second kappa shape index (κ2) is 10.3. The molecule has 2 aromatic rings. The summed E-state index contributed by atoms with van der Waals surface area (Å²) in [4.78, 5) is 27.7. The zero-order chi connectivity index (χ0) is 20.7. The van der Waals surface area contributed by atoms with Gasteiger partial charge < -0.3 is 10.2 Å². The minimum atomic E-state index is -0.512. The van der Waals surface area contributed by atoms with Crippen LogP contribution in [0.15, 0.2) is 48.5 Å². The van der Waals surface area contributed by atoms with E-state index < -0.39 is 6.04 Å². The van der Waals surface area contributed by atoms with Crippen molar-refractivity contribution in [2.75, 3.05) is 0 Å². The maximum Gasteiger partial charge on any atom is 0.243 e. The van der Waals surface area contributed by atoms with Crippen molar-refractivity contribution < 1.29 is 9.59 Å². The summed E-state index contributed by atoms with van der Waals surface area (Å²) in [6, 6.07) is 14.7. The molecule has 0 bridgehead atoms. The topological polar surface area (TPSA) is 49.4 Å². The third-order valence-electron chi connectivity index (χ3n) is 4.69. The quantitative estimate of drug-likeness (QED) is 0.708. The lowest BCUT2D eigenvalue weighted by molar-refractivity contribution is -0.141. The highest BCUT2D eigenvalue weighted by atomic mass is 35.5. The Morgan fingerprint density at radius 3 is 2.29 bits per heavy atom. The average Bonchev–Trinajstić information content (AvgIpc) is 2.64. The van der Waals surface area contributed by atoms with E-state index in [9.17, 15) is 9.59 Å². The molecule has 2 aromatic carbocycles. The molecule has 2 rings (SSSR count). The van der Waals surface area contributed by atoms with E-state index in [-0.39, 0.29) is 24.3 Å². The molecule has 1 atom stereocenters. The summed E-state index contributed by atoms with van der Waals surface area (Å²) in [5.41, 5.74) is 3.02. The van der Waals surface area contributed by atoms with Gasteiger partial charge in [-0.1, -0.05) is 54.9 Å². The molecule has 0 spiro atoms. The van der Waals surface area contributed by atoms with Crippen molar-refractivity contribution in [2.24, 2.45) is 0 Å². The number of nitrogens with zero attached hydrogens (tertiary/aromatic N) is 1. The molecule has 0 saturated heterocycles. The number of carbonyl (C=O) groups excluding carboxylic acids is 2. The van der Waals surface area contributed by atoms with Crippen LogP contribution < -0.4 is 5.32 Å². The summed E-state index contributed by atoms with van der Waals surface area (Å²) < 4.78 is 0. The van der Waals surface area contributed by atoms with Crippen LogP contribution in [-0.4, -0.2) is 28.8 Å². The van der Waals surface area contributed by atoms with Gasteiger partial charge in [0.15, 0.2) is 0 Å². The minimum absolute atomic E-state index is 0.0215. The number of carbonyl (C=O) groups is 2. The van der Waals surface area contributed by atoms with Gasteiger partial charge in [0.05, 0.1) is 6.42 Å². The Hall–Kier alpha value is -2.33. The lowest BCUT2D eigenvalue weighted by atomic mass is 10.0. The van der Waals surface area contributed by atoms with Crippen molar-refractivity contribution in [1.29, 1.82) is 0 Å². The van der Waals surface area contributed by atoms with E-state index in [1.54, 1.807) is 17.0 Å². The van der Waals surface area contributed by atoms with Crippen LogP contribution in [0.2, 0.25) is 5.02 Å². The fourth-order valence-corrected chi connectivity index (χ4v) is 3.28. The van der Waals surface area contributed by atoms with Crippen LogP contribution in [0.3, 0.4) is 0 Å². The third kappa shape index (κ3) is 6.10. The van der Waals surface area contributed by atoms with Gasteiger partial charge in [0.2, 0.25) is 11.8 Å². The highest BCUT2D eigenvalue weighted by Gasteiger charge is 2.29. The summed E-state index contributed by atoms with van der Waals surface area (Å²) in [5, 5.41) is 3.59. The number of nitrogens with one attached hydrogen (secondary N) is 1. The van der Waals surface area contributed by atoms with E-state index in [0.717, 1.165) is 16.7 Å². The van der Waals surface area contributed by atoms with Crippen LogP contribution in [0, 0.1) is 6.92 Å². The Kier molecular flexibility index (Phi) is 8.06. The predicted molar refractivity (Wildman–Crippen MR) is 114 cm³/mol. The van der Waals surface area contributed by atoms with Crippen molar-refractivity contribution in [3.8, 4) is 0 Å². The van der Waals surface area contributed by atoms with Crippen LogP contribution in [0.5, 0.6) is 0 Å². The molecule has 0 aliphatic heterocycles. The number of amides is 2. The molecule has 5 heteroatoms. The second-order valence-corrected chi connectivity index (χ2v) is 7.78. The van der Waals surface area contributed by atoms with Crippen molar-refractivity contribution in [3.05, 3.63) is 70.2 Å². The van der Waals surface area contributed by atoms with E-state index in [0.29, 0.717) is 18.0 Å². The van der Waals surface area contributed by atoms with Gasteiger partial charge in [-0.2, -0.15) is 0 Å². The monoisotopic (exact) mass is 400 g/mol. The summed E-state index contributed by atoms with van der Waals surface area (Å²) >= 11 is 5.95. The molecule has 0 aliphatic rings. The largest absolute Gasteiger partial charge is 0.352 e. The summed E-state index contributed by atoms with van der Waals surface area (Å²) in [7, 11) is 0. The normalized spacial score (nSPS) is 11.9. The lowest BCUT2D eigenvalue weighted by Gasteiger charge is -2.31. The Morgan fingerprint density at radius 1 is 1.07 bits per heavy atom. The maximum absolute atomic E-state index is 13.2. The molecule has 0 fully saturated rings. The van der Waals surface area contributed by atoms with Crippen molar-refractivity contribution in [1.82, 2.24) is 10.2 Å². The fraction of sp³-hybridized carbons (Fsp3) is 0.391. The highest BCUT2D eigenvalue weighted by Crippen LogP contribution is 2.18. The van der Waals surface area contributed by atoms with Gasteiger partial charge in [0.25, 0.3) is 0 Å². The fourth-order valence-electron chi connectivity index (χ4n) is 3.15. The number of rotatable bonds is 8. The minimum Gasteiger partial charge on any atom is -0.352 e. The number of halogens is 1. The van der Waals surface area contributed by atoms with E-state index in [2.05, 4.69) is 5.32 Å². The van der Waals surface area contributed by atoms with Gasteiger partial charge in [-0.05, 0) is 56.0 Å². The average molecular weight is 401 g/mol. The van der Waals surface area contributed by atoms with E-state index in [1.807, 2.05) is 64.1 Å². The van der Waals surface area contributed by atoms with E-state index in [4.69, 9.17) is 11.6 Å². The first kappa shape index (κ1) is 22.0. The van der Waals surface area contributed by atoms with Crippen molar-refractivity contribution >= 4 is 23.4 Å². The summed E-state index contributed by atoms with van der Waals surface area (Å²) in [5.74, 6) is -0.188. The Balaban J connectivity index is 2.30. The Labute approximate surface area is 172 Å². The van der Waals surface area contributed by atoms with Crippen LogP contribution in [0.1, 0.15) is 43.9 Å². The predicted octanol–water partition coefficient (Wildman–Crippen LogP) is 4.52. The van der Waals surface area contributed by atoms with Crippen LogP contribution >= 0.6 is 11.6 Å². The molecule has 4 nitrogen and oxygen atoms in total. The van der Waals surface area contributed by atoms with Crippen LogP contribution in [0.4, 0.5) is 0 Å². The SMILES string of the molecule is CC[C@H](C(=O)NC(C)C)N(Cc1ccccc1C)C(=O)Cc1ccc(Cl)cc1. The Morgan fingerprint density at radius 2 is 1.71 bits per heavy atom. The molecule has 0 radical (unpaired) electrons. The van der Waals surface area contributed by atoms with Gasteiger partial charge in [0, 0.05) is 17.6 Å². The lowest BCUT2D eigenvalue weighted by Crippen LogP contribution is -2.50. The van der Waals surface area contributed by atoms with E-state index >= 15 is 0 Å². The smallest absolute Gasteiger partial charge is 0.243 e. The molecule has 2 amide bonds. The maximum atomic E-state index is 13.2. The summed E-state index contributed by atoms with van der Waals surface area (Å²) in [6.45, 7) is 8.21. The second-order valence-electron chi connectivity index (χ2n) is 7.34.